The lowest BCUT2D eigenvalue weighted by atomic mass is 10.2. The maximum Gasteiger partial charge on any atom is 0.269 e. The summed E-state index contributed by atoms with van der Waals surface area (Å²) < 4.78 is 5.41. The van der Waals surface area contributed by atoms with Crippen LogP contribution in [0.1, 0.15) is 0 Å². The second kappa shape index (κ2) is 4.16. The van der Waals surface area contributed by atoms with Crippen molar-refractivity contribution in [1.29, 1.82) is 0 Å². The summed E-state index contributed by atoms with van der Waals surface area (Å²) in [5.41, 5.74) is 7.32. The Balaban J connectivity index is 1.99. The summed E-state index contributed by atoms with van der Waals surface area (Å²) in [4.78, 5) is 12.1. The summed E-state index contributed by atoms with van der Waals surface area (Å²) in [5, 5.41) is 17.2. The monoisotopic (exact) mass is 261 g/mol. The number of aromatic amines is 1. The average Bonchev–Trinajstić information content (AvgIpc) is 2.81. The van der Waals surface area contributed by atoms with Gasteiger partial charge in [-0.05, 0) is 12.1 Å². The molecule has 0 atom stereocenters. The smallest absolute Gasteiger partial charge is 0.269 e. The largest absolute Gasteiger partial charge is 0.475 e. The molecule has 2 heterocycles. The normalized spacial score (nSPS) is 13.8. The number of ether oxygens (including phenoxy) is 1. The summed E-state index contributed by atoms with van der Waals surface area (Å²) in [6, 6.07) is 6.28. The van der Waals surface area contributed by atoms with Crippen LogP contribution >= 0.6 is 0 Å². The van der Waals surface area contributed by atoms with E-state index in [9.17, 15) is 10.1 Å². The van der Waals surface area contributed by atoms with Crippen molar-refractivity contribution in [3.8, 4) is 5.88 Å². The minimum atomic E-state index is -0.430. The van der Waals surface area contributed by atoms with Gasteiger partial charge in [0.15, 0.2) is 5.82 Å². The molecule has 8 nitrogen and oxygen atoms in total. The predicted octanol–water partition coefficient (Wildman–Crippen LogP) is 1.43. The number of H-pyrrole nitrogens is 1. The topological polar surface area (TPSA) is 110 Å². The number of nitrogens with one attached hydrogen (secondary N) is 1. The van der Waals surface area contributed by atoms with Gasteiger partial charge in [-0.1, -0.05) is 0 Å². The lowest BCUT2D eigenvalue weighted by Gasteiger charge is -2.28. The van der Waals surface area contributed by atoms with Gasteiger partial charge in [-0.15, -0.1) is 0 Å². The van der Waals surface area contributed by atoms with Crippen LogP contribution in [0.3, 0.4) is 0 Å². The standard InChI is InChI=1S/C11H11N5O3/c12-10-9-11(14-13-10)19-6-5-15(9)7-1-3-8(4-2-7)16(17)18/h1-4H,5-6H2,(H3,12,13,14). The Bertz CT molecular complexity index is 622. The number of hydrogen-bond acceptors (Lipinski definition) is 6. The van der Waals surface area contributed by atoms with Crippen LogP contribution in [0.15, 0.2) is 24.3 Å². The second-order valence-electron chi connectivity index (χ2n) is 4.06. The van der Waals surface area contributed by atoms with Gasteiger partial charge in [0, 0.05) is 17.8 Å². The number of aromatic nitrogens is 2. The van der Waals surface area contributed by atoms with E-state index < -0.39 is 4.92 Å². The lowest BCUT2D eigenvalue weighted by Crippen LogP contribution is -2.28. The molecule has 0 radical (unpaired) electrons. The van der Waals surface area contributed by atoms with Crippen molar-refractivity contribution in [1.82, 2.24) is 10.2 Å². The first-order chi connectivity index (χ1) is 9.16. The summed E-state index contributed by atoms with van der Waals surface area (Å²) in [5.74, 6) is 0.857. The van der Waals surface area contributed by atoms with E-state index in [0.717, 1.165) is 5.69 Å². The van der Waals surface area contributed by atoms with Crippen LogP contribution in [0.5, 0.6) is 5.88 Å². The SMILES string of the molecule is Nc1n[nH]c2c1N(c1ccc([N+](=O)[O-])cc1)CCO2. The zero-order chi connectivity index (χ0) is 13.4. The molecule has 3 rings (SSSR count). The van der Waals surface area contributed by atoms with Gasteiger partial charge >= 0.3 is 0 Å². The van der Waals surface area contributed by atoms with Gasteiger partial charge < -0.3 is 15.4 Å². The molecule has 19 heavy (non-hydrogen) atoms. The van der Waals surface area contributed by atoms with Gasteiger partial charge in [0.05, 0.1) is 11.5 Å². The first kappa shape index (κ1) is 11.3. The summed E-state index contributed by atoms with van der Waals surface area (Å²) in [7, 11) is 0. The van der Waals surface area contributed by atoms with Crippen LogP contribution in [-0.4, -0.2) is 28.3 Å². The van der Waals surface area contributed by atoms with E-state index >= 15 is 0 Å². The maximum atomic E-state index is 10.6. The van der Waals surface area contributed by atoms with Crippen LogP contribution < -0.4 is 15.4 Å². The van der Waals surface area contributed by atoms with Crippen molar-refractivity contribution in [2.75, 3.05) is 23.8 Å². The van der Waals surface area contributed by atoms with Gasteiger partial charge in [-0.2, -0.15) is 5.10 Å². The number of rotatable bonds is 2. The Morgan fingerprint density at radius 1 is 1.42 bits per heavy atom. The van der Waals surface area contributed by atoms with Crippen LogP contribution in [0.25, 0.3) is 0 Å². The van der Waals surface area contributed by atoms with E-state index in [1.807, 2.05) is 4.90 Å². The number of nitrogens with zero attached hydrogens (tertiary/aromatic N) is 3. The summed E-state index contributed by atoms with van der Waals surface area (Å²) in [6.45, 7) is 1.10. The first-order valence-electron chi connectivity index (χ1n) is 5.65. The molecule has 0 bridgehead atoms. The molecule has 0 spiro atoms. The fraction of sp³-hybridized carbons (Fsp3) is 0.182. The van der Waals surface area contributed by atoms with E-state index in [-0.39, 0.29) is 5.69 Å². The van der Waals surface area contributed by atoms with Crippen LogP contribution in [0, 0.1) is 10.1 Å². The Morgan fingerprint density at radius 2 is 2.16 bits per heavy atom. The highest BCUT2D eigenvalue weighted by Gasteiger charge is 2.25. The highest BCUT2D eigenvalue weighted by Crippen LogP contribution is 2.39. The van der Waals surface area contributed by atoms with Crippen LogP contribution in [-0.2, 0) is 0 Å². The Labute approximate surface area is 107 Å². The number of benzene rings is 1. The summed E-state index contributed by atoms with van der Waals surface area (Å²) in [6.07, 6.45) is 0. The van der Waals surface area contributed by atoms with Gasteiger partial charge in [0.25, 0.3) is 5.69 Å². The number of nitrogens with two attached hydrogens (primary N) is 1. The second-order valence-corrected chi connectivity index (χ2v) is 4.06. The Morgan fingerprint density at radius 3 is 2.84 bits per heavy atom. The fourth-order valence-electron chi connectivity index (χ4n) is 2.06. The van der Waals surface area contributed by atoms with Crippen molar-refractivity contribution >= 4 is 22.9 Å². The van der Waals surface area contributed by atoms with Gasteiger partial charge in [0.2, 0.25) is 5.88 Å². The van der Waals surface area contributed by atoms with E-state index in [4.69, 9.17) is 10.5 Å². The number of nitro groups is 1. The number of fused-ring (bicyclic) bond motifs is 1. The van der Waals surface area contributed by atoms with Crippen molar-refractivity contribution in [2.45, 2.75) is 0 Å². The van der Waals surface area contributed by atoms with E-state index in [1.165, 1.54) is 12.1 Å². The van der Waals surface area contributed by atoms with E-state index in [0.29, 0.717) is 30.5 Å². The minimum Gasteiger partial charge on any atom is -0.475 e. The summed E-state index contributed by atoms with van der Waals surface area (Å²) >= 11 is 0. The molecule has 0 saturated carbocycles. The lowest BCUT2D eigenvalue weighted by molar-refractivity contribution is -0.384. The van der Waals surface area contributed by atoms with Crippen molar-refractivity contribution in [2.24, 2.45) is 0 Å². The van der Waals surface area contributed by atoms with E-state index in [2.05, 4.69) is 10.2 Å². The fourth-order valence-corrected chi connectivity index (χ4v) is 2.06. The molecule has 0 fully saturated rings. The number of non-ortho nitro benzene ring substituents is 1. The third kappa shape index (κ3) is 1.82. The molecular formula is C11H11N5O3. The molecule has 0 amide bonds. The average molecular weight is 261 g/mol. The van der Waals surface area contributed by atoms with Gasteiger partial charge in [-0.3, -0.25) is 10.1 Å². The molecule has 0 unspecified atom stereocenters. The molecule has 0 saturated heterocycles. The highest BCUT2D eigenvalue weighted by molar-refractivity contribution is 5.78. The minimum absolute atomic E-state index is 0.0531. The molecular weight excluding hydrogens is 250 g/mol. The quantitative estimate of drug-likeness (QED) is 0.625. The zero-order valence-electron chi connectivity index (χ0n) is 9.87. The molecule has 1 aliphatic rings. The van der Waals surface area contributed by atoms with Crippen molar-refractivity contribution in [3.63, 3.8) is 0 Å². The Kier molecular flexibility index (Phi) is 2.48. The Hall–Kier alpha value is -2.77. The molecule has 1 aromatic heterocycles. The number of hydrogen-bond donors (Lipinski definition) is 2. The van der Waals surface area contributed by atoms with E-state index in [1.54, 1.807) is 12.1 Å². The molecule has 1 aliphatic heterocycles. The third-order valence-corrected chi connectivity index (χ3v) is 2.94. The maximum absolute atomic E-state index is 10.6. The van der Waals surface area contributed by atoms with Crippen molar-refractivity contribution < 1.29 is 9.66 Å². The van der Waals surface area contributed by atoms with Crippen LogP contribution in [0.2, 0.25) is 0 Å². The number of nitrogen functional groups attached to an aromatic ring is 1. The van der Waals surface area contributed by atoms with Gasteiger partial charge in [-0.25, -0.2) is 5.10 Å². The molecule has 2 aromatic rings. The molecule has 1 aromatic carbocycles. The predicted molar refractivity (Wildman–Crippen MR) is 68.6 cm³/mol. The molecule has 98 valence electrons. The first-order valence-corrected chi connectivity index (χ1v) is 5.65. The molecule has 0 aliphatic carbocycles. The number of anilines is 3. The number of nitro benzene ring substituents is 1. The molecule has 3 N–H and O–H groups in total. The third-order valence-electron chi connectivity index (χ3n) is 2.94. The highest BCUT2D eigenvalue weighted by atomic mass is 16.6. The zero-order valence-corrected chi connectivity index (χ0v) is 9.87. The molecule has 8 heteroatoms. The van der Waals surface area contributed by atoms with Crippen molar-refractivity contribution in [3.05, 3.63) is 34.4 Å². The van der Waals surface area contributed by atoms with Gasteiger partial charge in [0.1, 0.15) is 12.3 Å². The van der Waals surface area contributed by atoms with Crippen LogP contribution in [0.4, 0.5) is 22.9 Å².